The fourth-order valence-corrected chi connectivity index (χ4v) is 5.31. The second-order valence-electron chi connectivity index (χ2n) is 8.14. The normalized spacial score (nSPS) is 19.2. The maximum absolute atomic E-state index is 12.6. The number of esters is 1. The van der Waals surface area contributed by atoms with Crippen LogP contribution in [0.1, 0.15) is 50.5 Å². The van der Waals surface area contributed by atoms with E-state index in [1.807, 2.05) is 0 Å². The van der Waals surface area contributed by atoms with Crippen LogP contribution in [0.15, 0.2) is 35.2 Å². The third-order valence-corrected chi connectivity index (χ3v) is 7.63. The van der Waals surface area contributed by atoms with Crippen LogP contribution in [0.3, 0.4) is 0 Å². The van der Waals surface area contributed by atoms with E-state index >= 15 is 0 Å². The topological polar surface area (TPSA) is 102 Å². The Labute approximate surface area is 190 Å². The Kier molecular flexibility index (Phi) is 9.25. The van der Waals surface area contributed by atoms with Crippen molar-refractivity contribution in [3.8, 4) is 0 Å². The van der Waals surface area contributed by atoms with Crippen molar-refractivity contribution in [3.05, 3.63) is 35.9 Å². The molecule has 1 aliphatic heterocycles. The monoisotopic (exact) mass is 464 g/mol. The summed E-state index contributed by atoms with van der Waals surface area (Å²) in [5.74, 6) is -0.905. The Balaban J connectivity index is 1.45. The Morgan fingerprint density at radius 1 is 1.03 bits per heavy atom. The number of morpholine rings is 1. The first-order valence-corrected chi connectivity index (χ1v) is 12.7. The van der Waals surface area contributed by atoms with Crippen LogP contribution in [0, 0.1) is 0 Å². The van der Waals surface area contributed by atoms with E-state index < -0.39 is 16.0 Å². The summed E-state index contributed by atoms with van der Waals surface area (Å²) in [7, 11) is -3.55. The van der Waals surface area contributed by atoms with Crippen molar-refractivity contribution in [2.75, 3.05) is 32.9 Å². The van der Waals surface area contributed by atoms with Gasteiger partial charge in [-0.25, -0.2) is 13.2 Å². The van der Waals surface area contributed by atoms with E-state index in [0.717, 1.165) is 25.7 Å². The van der Waals surface area contributed by atoms with Gasteiger partial charge in [-0.05, 0) is 36.6 Å². The summed E-state index contributed by atoms with van der Waals surface area (Å²) in [6.07, 6.45) is 10.6. The molecule has 32 heavy (non-hydrogen) atoms. The van der Waals surface area contributed by atoms with Crippen LogP contribution in [-0.2, 0) is 29.1 Å². The van der Waals surface area contributed by atoms with Gasteiger partial charge in [-0.2, -0.15) is 4.31 Å². The molecule has 2 aliphatic rings. The lowest BCUT2D eigenvalue weighted by molar-refractivity contribution is -0.144. The first kappa shape index (κ1) is 24.4. The van der Waals surface area contributed by atoms with Crippen molar-refractivity contribution in [2.45, 2.75) is 55.9 Å². The van der Waals surface area contributed by atoms with Crippen LogP contribution in [0.4, 0.5) is 0 Å². The number of amides is 1. The highest BCUT2D eigenvalue weighted by molar-refractivity contribution is 7.89. The quantitative estimate of drug-likeness (QED) is 0.491. The predicted octanol–water partition coefficient (Wildman–Crippen LogP) is 2.49. The van der Waals surface area contributed by atoms with Gasteiger partial charge in [0.15, 0.2) is 6.61 Å². The molecule has 2 fully saturated rings. The molecule has 0 spiro atoms. The maximum Gasteiger partial charge on any atom is 0.331 e. The lowest BCUT2D eigenvalue weighted by atomic mass is 9.97. The van der Waals surface area contributed by atoms with Gasteiger partial charge in [0.05, 0.1) is 18.1 Å². The van der Waals surface area contributed by atoms with E-state index in [9.17, 15) is 18.0 Å². The van der Waals surface area contributed by atoms with Gasteiger partial charge in [-0.3, -0.25) is 4.79 Å². The van der Waals surface area contributed by atoms with Gasteiger partial charge in [0.2, 0.25) is 10.0 Å². The molecular formula is C23H32N2O6S. The molecule has 1 saturated heterocycles. The fourth-order valence-electron chi connectivity index (χ4n) is 3.91. The van der Waals surface area contributed by atoms with Crippen molar-refractivity contribution in [1.29, 1.82) is 0 Å². The Morgan fingerprint density at radius 3 is 2.31 bits per heavy atom. The third-order valence-electron chi connectivity index (χ3n) is 5.72. The average molecular weight is 465 g/mol. The molecule has 176 valence electrons. The first-order valence-electron chi connectivity index (χ1n) is 11.3. The van der Waals surface area contributed by atoms with E-state index in [-0.39, 0.29) is 23.5 Å². The minimum absolute atomic E-state index is 0.157. The van der Waals surface area contributed by atoms with Crippen LogP contribution in [0.2, 0.25) is 0 Å². The van der Waals surface area contributed by atoms with Crippen molar-refractivity contribution >= 4 is 28.0 Å². The molecule has 0 atom stereocenters. The molecule has 0 aromatic heterocycles. The van der Waals surface area contributed by atoms with Crippen molar-refractivity contribution in [2.24, 2.45) is 0 Å². The summed E-state index contributed by atoms with van der Waals surface area (Å²) in [6, 6.07) is 6.43. The number of hydrogen-bond acceptors (Lipinski definition) is 6. The first-order chi connectivity index (χ1) is 15.4. The molecule has 1 N–H and O–H groups in total. The van der Waals surface area contributed by atoms with Gasteiger partial charge in [0, 0.05) is 25.2 Å². The van der Waals surface area contributed by atoms with E-state index in [1.165, 1.54) is 47.9 Å². The average Bonchev–Trinajstić information content (AvgIpc) is 2.79. The van der Waals surface area contributed by atoms with E-state index in [0.29, 0.717) is 31.9 Å². The second-order valence-corrected chi connectivity index (χ2v) is 10.1. The van der Waals surface area contributed by atoms with Gasteiger partial charge in [-0.1, -0.05) is 44.2 Å². The number of carbonyl (C=O) groups is 2. The largest absolute Gasteiger partial charge is 0.452 e. The highest BCUT2D eigenvalue weighted by Gasteiger charge is 2.26. The summed E-state index contributed by atoms with van der Waals surface area (Å²) in [4.78, 5) is 24.2. The SMILES string of the molecule is O=C(COC(=O)/C=C/c1ccc(S(=O)(=O)N2CCOCC2)cc1)NC1CCCCCCC1. The summed E-state index contributed by atoms with van der Waals surface area (Å²) in [5.41, 5.74) is 0.654. The molecule has 1 heterocycles. The highest BCUT2D eigenvalue weighted by atomic mass is 32.2. The van der Waals surface area contributed by atoms with E-state index in [4.69, 9.17) is 9.47 Å². The molecule has 1 saturated carbocycles. The second kappa shape index (κ2) is 12.1. The highest BCUT2D eigenvalue weighted by Crippen LogP contribution is 2.19. The number of nitrogens with one attached hydrogen (secondary N) is 1. The zero-order valence-corrected chi connectivity index (χ0v) is 19.1. The number of nitrogens with zero attached hydrogens (tertiary/aromatic N) is 1. The molecule has 0 unspecified atom stereocenters. The number of hydrogen-bond donors (Lipinski definition) is 1. The predicted molar refractivity (Wildman–Crippen MR) is 120 cm³/mol. The standard InChI is InChI=1S/C23H32N2O6S/c26-22(24-20-6-4-2-1-3-5-7-20)18-31-23(27)13-10-19-8-11-21(12-9-19)32(28,29)25-14-16-30-17-15-25/h8-13,20H,1-7,14-18H2,(H,24,26)/b13-10+. The molecule has 9 heteroatoms. The van der Waals surface area contributed by atoms with Crippen LogP contribution in [0.5, 0.6) is 0 Å². The minimum Gasteiger partial charge on any atom is -0.452 e. The number of benzene rings is 1. The van der Waals surface area contributed by atoms with Crippen LogP contribution < -0.4 is 5.32 Å². The number of rotatable bonds is 7. The van der Waals surface area contributed by atoms with Gasteiger partial charge >= 0.3 is 5.97 Å². The van der Waals surface area contributed by atoms with Gasteiger partial charge in [0.1, 0.15) is 0 Å². The Morgan fingerprint density at radius 2 is 1.66 bits per heavy atom. The summed E-state index contributed by atoms with van der Waals surface area (Å²) < 4.78 is 36.9. The lowest BCUT2D eigenvalue weighted by Crippen LogP contribution is -2.40. The molecule has 3 rings (SSSR count). The lowest BCUT2D eigenvalue weighted by Gasteiger charge is -2.26. The summed E-state index contributed by atoms with van der Waals surface area (Å²) in [5, 5.41) is 2.95. The molecule has 0 bridgehead atoms. The number of sulfonamides is 1. The van der Waals surface area contributed by atoms with Crippen LogP contribution in [0.25, 0.3) is 6.08 Å². The number of carbonyl (C=O) groups excluding carboxylic acids is 2. The maximum atomic E-state index is 12.6. The van der Waals surface area contributed by atoms with Crippen LogP contribution in [-0.4, -0.2) is 63.6 Å². The van der Waals surface area contributed by atoms with E-state index in [2.05, 4.69) is 5.32 Å². The van der Waals surface area contributed by atoms with Crippen LogP contribution >= 0.6 is 0 Å². The molecule has 1 amide bonds. The minimum atomic E-state index is -3.55. The van der Waals surface area contributed by atoms with Gasteiger partial charge in [-0.15, -0.1) is 0 Å². The summed E-state index contributed by atoms with van der Waals surface area (Å²) >= 11 is 0. The van der Waals surface area contributed by atoms with Crippen molar-refractivity contribution in [3.63, 3.8) is 0 Å². The number of ether oxygens (including phenoxy) is 2. The zero-order chi connectivity index (χ0) is 22.8. The van der Waals surface area contributed by atoms with Gasteiger partial charge < -0.3 is 14.8 Å². The molecule has 1 aromatic carbocycles. The van der Waals surface area contributed by atoms with Crippen molar-refractivity contribution in [1.82, 2.24) is 9.62 Å². The zero-order valence-electron chi connectivity index (χ0n) is 18.3. The molecule has 1 aliphatic carbocycles. The molecule has 8 nitrogen and oxygen atoms in total. The van der Waals surface area contributed by atoms with Gasteiger partial charge in [0.25, 0.3) is 5.91 Å². The Bertz CT molecular complexity index is 884. The molecular weight excluding hydrogens is 432 g/mol. The molecule has 0 radical (unpaired) electrons. The van der Waals surface area contributed by atoms with E-state index in [1.54, 1.807) is 12.1 Å². The Hall–Kier alpha value is -2.23. The summed E-state index contributed by atoms with van der Waals surface area (Å²) in [6.45, 7) is 1.15. The fraction of sp³-hybridized carbons (Fsp3) is 0.565. The van der Waals surface area contributed by atoms with Crippen molar-refractivity contribution < 1.29 is 27.5 Å². The molecule has 1 aromatic rings. The smallest absolute Gasteiger partial charge is 0.331 e. The third kappa shape index (κ3) is 7.43.